The fraction of sp³-hybridized carbons (Fsp3) is 0.0667. The van der Waals surface area contributed by atoms with Gasteiger partial charge in [-0.25, -0.2) is 0 Å². The molecule has 0 fully saturated rings. The van der Waals surface area contributed by atoms with E-state index in [9.17, 15) is 0 Å². The Kier molecular flexibility index (Phi) is 7.19. The van der Waals surface area contributed by atoms with Gasteiger partial charge in [0.1, 0.15) is 0 Å². The molecule has 0 saturated heterocycles. The molecule has 0 N–H and O–H groups in total. The maximum atomic E-state index is 2.41. The van der Waals surface area contributed by atoms with Crippen molar-refractivity contribution in [3.63, 3.8) is 0 Å². The molecule has 0 unspecified atom stereocenters. The molecule has 0 amide bonds. The lowest BCUT2D eigenvalue weighted by Crippen LogP contribution is -2.30. The second-order valence-corrected chi connectivity index (χ2v) is 12.7. The van der Waals surface area contributed by atoms with E-state index in [1.807, 2.05) is 0 Å². The van der Waals surface area contributed by atoms with Crippen molar-refractivity contribution in [3.05, 3.63) is 193 Å². The average molecular weight is 605 g/mol. The summed E-state index contributed by atoms with van der Waals surface area (Å²) in [6.45, 7) is 4.70. The zero-order valence-corrected chi connectivity index (χ0v) is 26.7. The molecule has 2 heteroatoms. The van der Waals surface area contributed by atoms with Gasteiger partial charge in [0.05, 0.1) is 11.4 Å². The van der Waals surface area contributed by atoms with E-state index < -0.39 is 0 Å². The largest absolute Gasteiger partial charge is 0.310 e. The SMILES string of the molecule is CC1(C)c2ccccc2N(c2ccccc2)c2ccc(N(c3ccc(-c4ccccc4)cc3)c3ccc(-c4ccccc4)cc3)cc21. The van der Waals surface area contributed by atoms with E-state index in [0.717, 1.165) is 22.7 Å². The second kappa shape index (κ2) is 11.8. The lowest BCUT2D eigenvalue weighted by molar-refractivity contribution is 0.632. The van der Waals surface area contributed by atoms with Crippen LogP contribution in [0.25, 0.3) is 22.3 Å². The molecule has 0 radical (unpaired) electrons. The highest BCUT2D eigenvalue weighted by Gasteiger charge is 2.37. The topological polar surface area (TPSA) is 6.48 Å². The average Bonchev–Trinajstić information content (AvgIpc) is 3.14. The van der Waals surface area contributed by atoms with Crippen LogP contribution in [0.2, 0.25) is 0 Å². The van der Waals surface area contributed by atoms with Crippen molar-refractivity contribution in [2.75, 3.05) is 9.80 Å². The van der Waals surface area contributed by atoms with Gasteiger partial charge >= 0.3 is 0 Å². The maximum absolute atomic E-state index is 2.41. The van der Waals surface area contributed by atoms with Crippen molar-refractivity contribution in [2.24, 2.45) is 0 Å². The predicted octanol–water partition coefficient (Wildman–Crippen LogP) is 12.6. The molecule has 0 aliphatic carbocycles. The van der Waals surface area contributed by atoms with E-state index >= 15 is 0 Å². The van der Waals surface area contributed by atoms with Gasteiger partial charge in [-0.05, 0) is 94.0 Å². The van der Waals surface area contributed by atoms with Crippen LogP contribution in [0.15, 0.2) is 182 Å². The minimum Gasteiger partial charge on any atom is -0.310 e. The van der Waals surface area contributed by atoms with Crippen LogP contribution >= 0.6 is 0 Å². The first-order chi connectivity index (χ1) is 23.1. The van der Waals surface area contributed by atoms with Gasteiger partial charge < -0.3 is 9.80 Å². The molecule has 0 aromatic heterocycles. The summed E-state index contributed by atoms with van der Waals surface area (Å²) in [5.41, 5.74) is 14.2. The van der Waals surface area contributed by atoms with Crippen molar-refractivity contribution >= 4 is 34.1 Å². The van der Waals surface area contributed by atoms with Gasteiger partial charge in [-0.1, -0.05) is 135 Å². The van der Waals surface area contributed by atoms with Gasteiger partial charge in [0.15, 0.2) is 0 Å². The van der Waals surface area contributed by atoms with E-state index in [1.165, 1.54) is 44.8 Å². The highest BCUT2D eigenvalue weighted by Crippen LogP contribution is 2.53. The van der Waals surface area contributed by atoms with Crippen LogP contribution in [0.1, 0.15) is 25.0 Å². The third-order valence-corrected chi connectivity index (χ3v) is 9.45. The minimum atomic E-state index is -0.201. The van der Waals surface area contributed by atoms with E-state index in [4.69, 9.17) is 0 Å². The van der Waals surface area contributed by atoms with Crippen LogP contribution in [0, 0.1) is 0 Å². The Bertz CT molecular complexity index is 2050. The molecule has 1 aliphatic rings. The maximum Gasteiger partial charge on any atom is 0.0504 e. The molecule has 47 heavy (non-hydrogen) atoms. The number of anilines is 6. The zero-order chi connectivity index (χ0) is 31.8. The van der Waals surface area contributed by atoms with Crippen molar-refractivity contribution < 1.29 is 0 Å². The van der Waals surface area contributed by atoms with E-state index in [-0.39, 0.29) is 5.41 Å². The molecule has 226 valence electrons. The van der Waals surface area contributed by atoms with Crippen LogP contribution in [-0.2, 0) is 5.41 Å². The molecule has 7 aromatic carbocycles. The summed E-state index contributed by atoms with van der Waals surface area (Å²) >= 11 is 0. The first-order valence-corrected chi connectivity index (χ1v) is 16.3. The van der Waals surface area contributed by atoms with Crippen LogP contribution in [0.5, 0.6) is 0 Å². The van der Waals surface area contributed by atoms with Crippen molar-refractivity contribution in [1.29, 1.82) is 0 Å². The molecule has 0 spiro atoms. The predicted molar refractivity (Wildman–Crippen MR) is 199 cm³/mol. The summed E-state index contributed by atoms with van der Waals surface area (Å²) in [6.07, 6.45) is 0. The molecule has 1 heterocycles. The Morgan fingerprint density at radius 2 is 0.809 bits per heavy atom. The molecule has 0 atom stereocenters. The summed E-state index contributed by atoms with van der Waals surface area (Å²) in [4.78, 5) is 4.79. The monoisotopic (exact) mass is 604 g/mol. The number of fused-ring (bicyclic) bond motifs is 2. The molecular weight excluding hydrogens is 569 g/mol. The quantitative estimate of drug-likeness (QED) is 0.186. The van der Waals surface area contributed by atoms with Crippen LogP contribution < -0.4 is 9.80 Å². The summed E-state index contributed by atoms with van der Waals surface area (Å²) in [6, 6.07) is 65.5. The summed E-state index contributed by atoms with van der Waals surface area (Å²) in [7, 11) is 0. The lowest BCUT2D eigenvalue weighted by atomic mass is 9.73. The number of hydrogen-bond acceptors (Lipinski definition) is 2. The molecular formula is C45H36N2. The zero-order valence-electron chi connectivity index (χ0n) is 26.7. The van der Waals surface area contributed by atoms with Gasteiger partial charge in [-0.2, -0.15) is 0 Å². The molecule has 0 bridgehead atoms. The fourth-order valence-electron chi connectivity index (χ4n) is 7.00. The van der Waals surface area contributed by atoms with Crippen LogP contribution in [-0.4, -0.2) is 0 Å². The lowest BCUT2D eigenvalue weighted by Gasteiger charge is -2.42. The Morgan fingerprint density at radius 3 is 1.36 bits per heavy atom. The number of rotatable bonds is 6. The Labute approximate surface area is 277 Å². The summed E-state index contributed by atoms with van der Waals surface area (Å²) < 4.78 is 0. The highest BCUT2D eigenvalue weighted by molar-refractivity contribution is 5.89. The number of nitrogens with zero attached hydrogens (tertiary/aromatic N) is 2. The third-order valence-electron chi connectivity index (χ3n) is 9.45. The van der Waals surface area contributed by atoms with Crippen LogP contribution in [0.3, 0.4) is 0 Å². The van der Waals surface area contributed by atoms with Crippen molar-refractivity contribution in [1.82, 2.24) is 0 Å². The van der Waals surface area contributed by atoms with Gasteiger partial charge in [0, 0.05) is 28.2 Å². The smallest absolute Gasteiger partial charge is 0.0504 e. The first-order valence-electron chi connectivity index (χ1n) is 16.3. The summed E-state index contributed by atoms with van der Waals surface area (Å²) in [5, 5.41) is 0. The van der Waals surface area contributed by atoms with E-state index in [1.54, 1.807) is 0 Å². The normalized spacial score (nSPS) is 13.0. The van der Waals surface area contributed by atoms with Crippen molar-refractivity contribution in [3.8, 4) is 22.3 Å². The summed E-state index contributed by atoms with van der Waals surface area (Å²) in [5.74, 6) is 0. The van der Waals surface area contributed by atoms with E-state index in [2.05, 4.69) is 206 Å². The number of para-hydroxylation sites is 2. The third kappa shape index (κ3) is 5.18. The van der Waals surface area contributed by atoms with Crippen LogP contribution in [0.4, 0.5) is 34.1 Å². The van der Waals surface area contributed by atoms with E-state index in [0.29, 0.717) is 0 Å². The first kappa shape index (κ1) is 28.6. The molecule has 2 nitrogen and oxygen atoms in total. The van der Waals surface area contributed by atoms with Gasteiger partial charge in [-0.15, -0.1) is 0 Å². The van der Waals surface area contributed by atoms with Crippen molar-refractivity contribution in [2.45, 2.75) is 19.3 Å². The van der Waals surface area contributed by atoms with Gasteiger partial charge in [-0.3, -0.25) is 0 Å². The van der Waals surface area contributed by atoms with Gasteiger partial charge in [0.25, 0.3) is 0 Å². The molecule has 7 aromatic rings. The molecule has 1 aliphatic heterocycles. The highest BCUT2D eigenvalue weighted by atomic mass is 15.2. The fourth-order valence-corrected chi connectivity index (χ4v) is 7.00. The minimum absolute atomic E-state index is 0.201. The Balaban J connectivity index is 1.28. The van der Waals surface area contributed by atoms with Gasteiger partial charge in [0.2, 0.25) is 0 Å². The Morgan fingerprint density at radius 1 is 0.383 bits per heavy atom. The Hall–Kier alpha value is -5.86. The number of benzene rings is 7. The second-order valence-electron chi connectivity index (χ2n) is 12.7. The number of hydrogen-bond donors (Lipinski definition) is 0. The molecule has 0 saturated carbocycles. The molecule has 8 rings (SSSR count). The standard InChI is InChI=1S/C45H36N2/c1-45(2)41-20-12-13-21-43(41)47(37-18-10-5-11-19-37)44-31-30-40(32-42(44)45)46(38-26-22-35(23-27-38)33-14-6-3-7-15-33)39-28-24-36(25-29-39)34-16-8-4-9-17-34/h3-32H,1-2H3.